The second-order valence-electron chi connectivity index (χ2n) is 4.91. The van der Waals surface area contributed by atoms with Gasteiger partial charge in [-0.05, 0) is 51.7 Å². The summed E-state index contributed by atoms with van der Waals surface area (Å²) in [5.74, 6) is -0.902. The topological polar surface area (TPSA) is 40.5 Å². The number of carboxylic acid groups (broad SMARTS) is 1. The first kappa shape index (κ1) is 13.2. The zero-order valence-electron chi connectivity index (χ0n) is 10.8. The molecule has 0 spiro atoms. The molecule has 0 aromatic heterocycles. The van der Waals surface area contributed by atoms with Crippen LogP contribution in [0, 0.1) is 0 Å². The quantitative estimate of drug-likeness (QED) is 0.911. The van der Waals surface area contributed by atoms with E-state index in [-0.39, 0.29) is 0 Å². The van der Waals surface area contributed by atoms with E-state index in [4.69, 9.17) is 5.11 Å². The lowest BCUT2D eigenvalue weighted by molar-refractivity contribution is 0.0697. The maximum atomic E-state index is 11.0. The van der Waals surface area contributed by atoms with Crippen LogP contribution in [0.4, 0.5) is 5.69 Å². The number of nitrogens with zero attached hydrogens (tertiary/aromatic N) is 1. The van der Waals surface area contributed by atoms with Crippen LogP contribution in [0.25, 0.3) is 0 Å². The van der Waals surface area contributed by atoms with E-state index in [1.54, 1.807) is 12.1 Å². The smallest absolute Gasteiger partial charge is 0.335 e. The molecule has 3 rings (SSSR count). The second kappa shape index (κ2) is 5.29. The van der Waals surface area contributed by atoms with Crippen LogP contribution >= 0.6 is 15.9 Å². The molecule has 0 atom stereocenters. The van der Waals surface area contributed by atoms with Crippen molar-refractivity contribution in [1.82, 2.24) is 0 Å². The summed E-state index contributed by atoms with van der Waals surface area (Å²) in [4.78, 5) is 13.2. The average Bonchev–Trinajstić information content (AvgIpc) is 2.46. The summed E-state index contributed by atoms with van der Waals surface area (Å²) in [7, 11) is 0. The highest BCUT2D eigenvalue weighted by atomic mass is 79.9. The van der Waals surface area contributed by atoms with Gasteiger partial charge >= 0.3 is 5.97 Å². The molecule has 102 valence electrons. The normalized spacial score (nSPS) is 13.9. The van der Waals surface area contributed by atoms with E-state index in [1.807, 2.05) is 6.07 Å². The zero-order valence-corrected chi connectivity index (χ0v) is 12.4. The summed E-state index contributed by atoms with van der Waals surface area (Å²) in [6.07, 6.45) is 1.02. The highest BCUT2D eigenvalue weighted by molar-refractivity contribution is 9.10. The Morgan fingerprint density at radius 3 is 2.60 bits per heavy atom. The molecule has 1 aliphatic heterocycles. The number of carbonyl (C=O) groups is 1. The Hall–Kier alpha value is -1.81. The molecule has 1 aliphatic rings. The van der Waals surface area contributed by atoms with E-state index in [9.17, 15) is 4.79 Å². The van der Waals surface area contributed by atoms with E-state index >= 15 is 0 Å². The van der Waals surface area contributed by atoms with Gasteiger partial charge in [0, 0.05) is 17.6 Å². The number of anilines is 1. The van der Waals surface area contributed by atoms with E-state index in [0.717, 1.165) is 29.7 Å². The third-order valence-electron chi connectivity index (χ3n) is 3.67. The minimum Gasteiger partial charge on any atom is -0.478 e. The molecule has 1 heterocycles. The van der Waals surface area contributed by atoms with Gasteiger partial charge in [-0.2, -0.15) is 0 Å². The second-order valence-corrected chi connectivity index (χ2v) is 5.77. The number of carboxylic acids is 1. The standard InChI is InChI=1S/C16H14BrNO2/c17-14-9-12(16(19)20)5-6-15(14)18-8-7-11-3-1-2-4-13(11)10-18/h1-6,9H,7-8,10H2,(H,19,20). The van der Waals surface area contributed by atoms with Gasteiger partial charge < -0.3 is 10.0 Å². The molecule has 0 saturated carbocycles. The summed E-state index contributed by atoms with van der Waals surface area (Å²) in [6, 6.07) is 13.7. The van der Waals surface area contributed by atoms with Crippen molar-refractivity contribution in [3.8, 4) is 0 Å². The van der Waals surface area contributed by atoms with E-state index in [1.165, 1.54) is 11.1 Å². The molecule has 2 aromatic rings. The minimum atomic E-state index is -0.902. The monoisotopic (exact) mass is 331 g/mol. The van der Waals surface area contributed by atoms with Crippen LogP contribution in [0.1, 0.15) is 21.5 Å². The molecule has 0 bridgehead atoms. The molecular formula is C16H14BrNO2. The van der Waals surface area contributed by atoms with Gasteiger partial charge in [0.2, 0.25) is 0 Å². The van der Waals surface area contributed by atoms with Crippen LogP contribution in [-0.2, 0) is 13.0 Å². The molecule has 0 saturated heterocycles. The lowest BCUT2D eigenvalue weighted by Gasteiger charge is -2.31. The predicted molar refractivity (Wildman–Crippen MR) is 82.3 cm³/mol. The Kier molecular flexibility index (Phi) is 3.49. The maximum absolute atomic E-state index is 11.0. The van der Waals surface area contributed by atoms with Crippen LogP contribution in [0.5, 0.6) is 0 Å². The summed E-state index contributed by atoms with van der Waals surface area (Å²) < 4.78 is 0.830. The summed E-state index contributed by atoms with van der Waals surface area (Å²) in [5, 5.41) is 9.01. The molecule has 1 N–H and O–H groups in total. The lowest BCUT2D eigenvalue weighted by Crippen LogP contribution is -2.30. The van der Waals surface area contributed by atoms with Crippen LogP contribution in [0.15, 0.2) is 46.9 Å². The first-order valence-corrected chi connectivity index (χ1v) is 7.29. The fourth-order valence-corrected chi connectivity index (χ4v) is 3.23. The fraction of sp³-hybridized carbons (Fsp3) is 0.188. The molecule has 2 aromatic carbocycles. The molecule has 0 unspecified atom stereocenters. The van der Waals surface area contributed by atoms with Gasteiger partial charge in [0.05, 0.1) is 11.3 Å². The highest BCUT2D eigenvalue weighted by Crippen LogP contribution is 2.31. The van der Waals surface area contributed by atoms with Crippen molar-refractivity contribution in [2.75, 3.05) is 11.4 Å². The van der Waals surface area contributed by atoms with Crippen LogP contribution in [0.3, 0.4) is 0 Å². The van der Waals surface area contributed by atoms with Crippen molar-refractivity contribution < 1.29 is 9.90 Å². The van der Waals surface area contributed by atoms with Crippen molar-refractivity contribution in [3.63, 3.8) is 0 Å². The minimum absolute atomic E-state index is 0.304. The van der Waals surface area contributed by atoms with E-state index in [2.05, 4.69) is 45.1 Å². The van der Waals surface area contributed by atoms with Gasteiger partial charge in [-0.1, -0.05) is 24.3 Å². The Morgan fingerprint density at radius 1 is 1.15 bits per heavy atom. The number of hydrogen-bond acceptors (Lipinski definition) is 2. The Morgan fingerprint density at radius 2 is 1.90 bits per heavy atom. The first-order valence-electron chi connectivity index (χ1n) is 6.50. The number of halogens is 1. The molecule has 0 fully saturated rings. The van der Waals surface area contributed by atoms with Crippen molar-refractivity contribution in [3.05, 3.63) is 63.6 Å². The molecule has 0 aliphatic carbocycles. The largest absolute Gasteiger partial charge is 0.478 e. The molecule has 20 heavy (non-hydrogen) atoms. The highest BCUT2D eigenvalue weighted by Gasteiger charge is 2.18. The summed E-state index contributed by atoms with van der Waals surface area (Å²) in [5.41, 5.74) is 4.09. The lowest BCUT2D eigenvalue weighted by atomic mass is 9.99. The zero-order chi connectivity index (χ0) is 14.1. The average molecular weight is 332 g/mol. The van der Waals surface area contributed by atoms with Gasteiger partial charge in [0.1, 0.15) is 0 Å². The van der Waals surface area contributed by atoms with Gasteiger partial charge in [0.25, 0.3) is 0 Å². The van der Waals surface area contributed by atoms with Crippen molar-refractivity contribution in [2.24, 2.45) is 0 Å². The van der Waals surface area contributed by atoms with Crippen LogP contribution < -0.4 is 4.90 Å². The number of fused-ring (bicyclic) bond motifs is 1. The maximum Gasteiger partial charge on any atom is 0.335 e. The number of aromatic carboxylic acids is 1. The third kappa shape index (κ3) is 2.43. The molecule has 0 radical (unpaired) electrons. The van der Waals surface area contributed by atoms with E-state index < -0.39 is 5.97 Å². The Labute approximate surface area is 126 Å². The molecule has 4 heteroatoms. The Bertz CT molecular complexity index is 669. The molecule has 3 nitrogen and oxygen atoms in total. The van der Waals surface area contributed by atoms with Crippen molar-refractivity contribution >= 4 is 27.6 Å². The van der Waals surface area contributed by atoms with Crippen molar-refractivity contribution in [1.29, 1.82) is 0 Å². The molecule has 0 amide bonds. The van der Waals surface area contributed by atoms with Gasteiger partial charge in [-0.25, -0.2) is 4.79 Å². The van der Waals surface area contributed by atoms with Gasteiger partial charge in [0.15, 0.2) is 0 Å². The fourth-order valence-electron chi connectivity index (χ4n) is 2.60. The number of rotatable bonds is 2. The van der Waals surface area contributed by atoms with E-state index in [0.29, 0.717) is 5.56 Å². The summed E-state index contributed by atoms with van der Waals surface area (Å²) >= 11 is 3.49. The van der Waals surface area contributed by atoms with Crippen LogP contribution in [-0.4, -0.2) is 17.6 Å². The van der Waals surface area contributed by atoms with Gasteiger partial charge in [-0.3, -0.25) is 0 Å². The first-order chi connectivity index (χ1) is 9.65. The van der Waals surface area contributed by atoms with Gasteiger partial charge in [-0.15, -0.1) is 0 Å². The molecular weight excluding hydrogens is 318 g/mol. The van der Waals surface area contributed by atoms with Crippen LogP contribution in [0.2, 0.25) is 0 Å². The third-order valence-corrected chi connectivity index (χ3v) is 4.30. The number of benzene rings is 2. The number of hydrogen-bond donors (Lipinski definition) is 1. The SMILES string of the molecule is O=C(O)c1ccc(N2CCc3ccccc3C2)c(Br)c1. The van der Waals surface area contributed by atoms with Crippen molar-refractivity contribution in [2.45, 2.75) is 13.0 Å². The Balaban J connectivity index is 1.90. The predicted octanol–water partition coefficient (Wildman–Crippen LogP) is 3.71. The summed E-state index contributed by atoms with van der Waals surface area (Å²) in [6.45, 7) is 1.81.